The minimum Gasteiger partial charge on any atom is -0.478 e. The molecule has 5 nitrogen and oxygen atoms in total. The van der Waals surface area contributed by atoms with Crippen LogP contribution in [0.15, 0.2) is 35.7 Å². The predicted octanol–water partition coefficient (Wildman–Crippen LogP) is 2.28. The maximum atomic E-state index is 12.0. The SMILES string of the molecule is C=CCC(C)NS(=O)(=O)c1ccc(Cl)c(C(=O)O)c1. The fraction of sp³-hybridized carbons (Fsp3) is 0.250. The molecule has 0 aliphatic rings. The van der Waals surface area contributed by atoms with E-state index in [1.54, 1.807) is 13.0 Å². The fourth-order valence-electron chi connectivity index (χ4n) is 1.47. The number of rotatable bonds is 6. The van der Waals surface area contributed by atoms with Gasteiger partial charge in [-0.05, 0) is 31.5 Å². The van der Waals surface area contributed by atoms with Crippen LogP contribution in [0.25, 0.3) is 0 Å². The Kier molecular flexibility index (Phi) is 5.11. The van der Waals surface area contributed by atoms with Crippen molar-refractivity contribution in [1.29, 1.82) is 0 Å². The van der Waals surface area contributed by atoms with E-state index in [-0.39, 0.29) is 21.5 Å². The highest BCUT2D eigenvalue weighted by atomic mass is 35.5. The number of carboxylic acid groups (broad SMARTS) is 1. The van der Waals surface area contributed by atoms with Crippen molar-refractivity contribution in [2.75, 3.05) is 0 Å². The second-order valence-electron chi connectivity index (χ2n) is 3.99. The van der Waals surface area contributed by atoms with Crippen LogP contribution < -0.4 is 4.72 Å². The maximum absolute atomic E-state index is 12.0. The number of benzene rings is 1. The first-order valence-electron chi connectivity index (χ1n) is 5.44. The number of hydrogen-bond donors (Lipinski definition) is 2. The number of carboxylic acids is 1. The van der Waals surface area contributed by atoms with E-state index in [1.807, 2.05) is 0 Å². The van der Waals surface area contributed by atoms with Crippen LogP contribution in [0, 0.1) is 0 Å². The van der Waals surface area contributed by atoms with Crippen LogP contribution in [0.1, 0.15) is 23.7 Å². The third-order valence-electron chi connectivity index (χ3n) is 2.36. The molecule has 2 N–H and O–H groups in total. The quantitative estimate of drug-likeness (QED) is 0.790. The molecule has 0 spiro atoms. The van der Waals surface area contributed by atoms with Crippen LogP contribution in [0.4, 0.5) is 0 Å². The predicted molar refractivity (Wildman–Crippen MR) is 73.0 cm³/mol. The van der Waals surface area contributed by atoms with Gasteiger partial charge in [0.1, 0.15) is 0 Å². The van der Waals surface area contributed by atoms with E-state index in [0.717, 1.165) is 6.07 Å². The van der Waals surface area contributed by atoms with E-state index in [0.29, 0.717) is 6.42 Å². The van der Waals surface area contributed by atoms with E-state index in [2.05, 4.69) is 11.3 Å². The molecule has 1 unspecified atom stereocenters. The van der Waals surface area contributed by atoms with E-state index >= 15 is 0 Å². The smallest absolute Gasteiger partial charge is 0.337 e. The van der Waals surface area contributed by atoms with Gasteiger partial charge < -0.3 is 5.11 Å². The Morgan fingerprint density at radius 2 is 2.21 bits per heavy atom. The molecule has 104 valence electrons. The average Bonchev–Trinajstić information content (AvgIpc) is 2.28. The Bertz CT molecular complexity index is 598. The molecular weight excluding hydrogens is 290 g/mol. The number of sulfonamides is 1. The molecule has 0 radical (unpaired) electrons. The monoisotopic (exact) mass is 303 g/mol. The van der Waals surface area contributed by atoms with Gasteiger partial charge in [0.05, 0.1) is 15.5 Å². The third-order valence-corrected chi connectivity index (χ3v) is 4.27. The second kappa shape index (κ2) is 6.18. The molecule has 0 aliphatic carbocycles. The summed E-state index contributed by atoms with van der Waals surface area (Å²) in [6, 6.07) is 3.22. The van der Waals surface area contributed by atoms with Crippen LogP contribution in [-0.4, -0.2) is 25.5 Å². The number of aromatic carboxylic acids is 1. The van der Waals surface area contributed by atoms with Gasteiger partial charge >= 0.3 is 5.97 Å². The Labute approximate surface area is 117 Å². The zero-order valence-corrected chi connectivity index (χ0v) is 11.8. The summed E-state index contributed by atoms with van der Waals surface area (Å²) in [5.74, 6) is -1.28. The summed E-state index contributed by atoms with van der Waals surface area (Å²) in [5.41, 5.74) is -0.249. The normalized spacial score (nSPS) is 12.9. The minimum atomic E-state index is -3.77. The molecule has 0 aromatic heterocycles. The molecule has 0 fully saturated rings. The molecule has 7 heteroatoms. The molecule has 0 aliphatic heterocycles. The van der Waals surface area contributed by atoms with Crippen molar-refractivity contribution in [3.63, 3.8) is 0 Å². The fourth-order valence-corrected chi connectivity index (χ4v) is 2.95. The van der Waals surface area contributed by atoms with Crippen LogP contribution in [0.3, 0.4) is 0 Å². The number of carbonyl (C=O) groups is 1. The van der Waals surface area contributed by atoms with Crippen LogP contribution in [0.5, 0.6) is 0 Å². The summed E-state index contributed by atoms with van der Waals surface area (Å²) >= 11 is 5.69. The molecule has 0 heterocycles. The summed E-state index contributed by atoms with van der Waals surface area (Å²) in [6.07, 6.45) is 2.07. The highest BCUT2D eigenvalue weighted by Gasteiger charge is 2.19. The standard InChI is InChI=1S/C12H14ClNO4S/c1-3-4-8(2)14-19(17,18)9-5-6-11(13)10(7-9)12(15)16/h3,5-8,14H,1,4H2,2H3,(H,15,16). The van der Waals surface area contributed by atoms with Gasteiger partial charge in [-0.3, -0.25) is 0 Å². The van der Waals surface area contributed by atoms with Crippen molar-refractivity contribution in [1.82, 2.24) is 4.72 Å². The van der Waals surface area contributed by atoms with Gasteiger partial charge in [0, 0.05) is 6.04 Å². The number of halogens is 1. The first-order valence-corrected chi connectivity index (χ1v) is 7.30. The molecule has 0 amide bonds. The minimum absolute atomic E-state index is 0.00871. The largest absolute Gasteiger partial charge is 0.478 e. The molecule has 0 saturated heterocycles. The molecular formula is C12H14ClNO4S. The molecule has 1 rings (SSSR count). The molecule has 0 bridgehead atoms. The van der Waals surface area contributed by atoms with Crippen LogP contribution >= 0.6 is 11.6 Å². The topological polar surface area (TPSA) is 83.5 Å². The number of nitrogens with one attached hydrogen (secondary N) is 1. The highest BCUT2D eigenvalue weighted by Crippen LogP contribution is 2.20. The number of hydrogen-bond acceptors (Lipinski definition) is 3. The Morgan fingerprint density at radius 1 is 1.58 bits per heavy atom. The molecule has 19 heavy (non-hydrogen) atoms. The summed E-state index contributed by atoms with van der Waals surface area (Å²) in [4.78, 5) is 10.8. The van der Waals surface area contributed by atoms with Gasteiger partial charge in [-0.25, -0.2) is 17.9 Å². The molecule has 1 aromatic carbocycles. The van der Waals surface area contributed by atoms with Crippen molar-refractivity contribution in [3.05, 3.63) is 41.4 Å². The van der Waals surface area contributed by atoms with Crippen molar-refractivity contribution in [3.8, 4) is 0 Å². The summed E-state index contributed by atoms with van der Waals surface area (Å²) in [7, 11) is -3.77. The van der Waals surface area contributed by atoms with Gasteiger partial charge in [-0.2, -0.15) is 0 Å². The Balaban J connectivity index is 3.12. The van der Waals surface area contributed by atoms with Crippen molar-refractivity contribution < 1.29 is 18.3 Å². The highest BCUT2D eigenvalue weighted by molar-refractivity contribution is 7.89. The van der Waals surface area contributed by atoms with E-state index in [1.165, 1.54) is 12.1 Å². The summed E-state index contributed by atoms with van der Waals surface area (Å²) in [6.45, 7) is 5.21. The van der Waals surface area contributed by atoms with Crippen molar-refractivity contribution in [2.45, 2.75) is 24.3 Å². The lowest BCUT2D eigenvalue weighted by Gasteiger charge is -2.13. The molecule has 1 atom stereocenters. The van der Waals surface area contributed by atoms with Crippen molar-refractivity contribution in [2.24, 2.45) is 0 Å². The molecule has 0 saturated carbocycles. The second-order valence-corrected chi connectivity index (χ2v) is 6.11. The molecule has 1 aromatic rings. The van der Waals surface area contributed by atoms with E-state index in [4.69, 9.17) is 16.7 Å². The third kappa shape index (κ3) is 4.05. The first kappa shape index (κ1) is 15.7. The van der Waals surface area contributed by atoms with E-state index in [9.17, 15) is 13.2 Å². The van der Waals surface area contributed by atoms with Gasteiger partial charge in [-0.1, -0.05) is 17.7 Å². The van der Waals surface area contributed by atoms with Gasteiger partial charge in [0.25, 0.3) is 0 Å². The van der Waals surface area contributed by atoms with E-state index < -0.39 is 16.0 Å². The van der Waals surface area contributed by atoms with Gasteiger partial charge in [0.15, 0.2) is 0 Å². The zero-order valence-electron chi connectivity index (χ0n) is 10.3. The maximum Gasteiger partial charge on any atom is 0.337 e. The Hall–Kier alpha value is -1.37. The van der Waals surface area contributed by atoms with Gasteiger partial charge in [0.2, 0.25) is 10.0 Å². The van der Waals surface area contributed by atoms with Crippen LogP contribution in [0.2, 0.25) is 5.02 Å². The van der Waals surface area contributed by atoms with Gasteiger partial charge in [-0.15, -0.1) is 6.58 Å². The summed E-state index contributed by atoms with van der Waals surface area (Å²) in [5, 5.41) is 8.90. The lowest BCUT2D eigenvalue weighted by molar-refractivity contribution is 0.0697. The Morgan fingerprint density at radius 3 is 2.74 bits per heavy atom. The zero-order chi connectivity index (χ0) is 14.6. The van der Waals surface area contributed by atoms with Crippen LogP contribution in [-0.2, 0) is 10.0 Å². The summed E-state index contributed by atoms with van der Waals surface area (Å²) < 4.78 is 26.5. The average molecular weight is 304 g/mol. The lowest BCUT2D eigenvalue weighted by Crippen LogP contribution is -2.32. The van der Waals surface area contributed by atoms with Crippen molar-refractivity contribution >= 4 is 27.6 Å². The lowest BCUT2D eigenvalue weighted by atomic mass is 10.2. The first-order chi connectivity index (χ1) is 8.77.